The van der Waals surface area contributed by atoms with Gasteiger partial charge in [-0.15, -0.1) is 0 Å². The summed E-state index contributed by atoms with van der Waals surface area (Å²) in [6.07, 6.45) is 2.20. The van der Waals surface area contributed by atoms with Gasteiger partial charge in [-0.1, -0.05) is 12.1 Å². The van der Waals surface area contributed by atoms with E-state index in [4.69, 9.17) is 4.74 Å². The topological polar surface area (TPSA) is 50.4 Å². The highest BCUT2D eigenvalue weighted by atomic mass is 16.5. The molecular weight excluding hydrogens is 264 g/mol. The summed E-state index contributed by atoms with van der Waals surface area (Å²) in [5.74, 6) is 1.09. The third-order valence-corrected chi connectivity index (χ3v) is 3.76. The normalized spacial score (nSPS) is 20.1. The van der Waals surface area contributed by atoms with Crippen molar-refractivity contribution in [3.05, 3.63) is 29.8 Å². The number of piperidine rings is 1. The molecule has 4 heteroatoms. The van der Waals surface area contributed by atoms with Crippen molar-refractivity contribution in [2.45, 2.75) is 45.8 Å². The Morgan fingerprint density at radius 1 is 1.38 bits per heavy atom. The Kier molecular flexibility index (Phi) is 5.62. The van der Waals surface area contributed by atoms with Gasteiger partial charge in [0, 0.05) is 6.54 Å². The number of carbonyl (C=O) groups excluding carboxylic acids is 1. The van der Waals surface area contributed by atoms with Crippen LogP contribution in [0.2, 0.25) is 0 Å². The van der Waals surface area contributed by atoms with Crippen LogP contribution in [0.3, 0.4) is 0 Å². The molecule has 0 spiro atoms. The second-order valence-corrected chi connectivity index (χ2v) is 6.01. The molecule has 0 bridgehead atoms. The number of ether oxygens (including phenoxy) is 1. The van der Waals surface area contributed by atoms with Gasteiger partial charge in [-0.05, 0) is 57.9 Å². The number of hydrogen-bond donors (Lipinski definition) is 2. The quantitative estimate of drug-likeness (QED) is 0.876. The number of benzene rings is 1. The average Bonchev–Trinajstić information content (AvgIpc) is 2.47. The summed E-state index contributed by atoms with van der Waals surface area (Å²) in [6, 6.07) is 7.94. The first-order chi connectivity index (χ1) is 10.1. The molecule has 0 aliphatic carbocycles. The lowest BCUT2D eigenvalue weighted by Crippen LogP contribution is -2.41. The maximum atomic E-state index is 12.3. The molecule has 2 N–H and O–H groups in total. The van der Waals surface area contributed by atoms with Crippen molar-refractivity contribution in [1.29, 1.82) is 0 Å². The van der Waals surface area contributed by atoms with Gasteiger partial charge in [0.2, 0.25) is 5.91 Å². The summed E-state index contributed by atoms with van der Waals surface area (Å²) in [4.78, 5) is 12.3. The third kappa shape index (κ3) is 4.74. The summed E-state index contributed by atoms with van der Waals surface area (Å²) < 4.78 is 5.70. The minimum atomic E-state index is -0.00450. The number of rotatable bonds is 5. The zero-order chi connectivity index (χ0) is 15.2. The van der Waals surface area contributed by atoms with Crippen LogP contribution in [0.15, 0.2) is 24.3 Å². The fourth-order valence-corrected chi connectivity index (χ4v) is 2.62. The fraction of sp³-hybridized carbons (Fsp3) is 0.588. The lowest BCUT2D eigenvalue weighted by atomic mass is 9.98. The van der Waals surface area contributed by atoms with E-state index in [0.29, 0.717) is 0 Å². The third-order valence-electron chi connectivity index (χ3n) is 3.76. The van der Waals surface area contributed by atoms with Gasteiger partial charge in [0.05, 0.1) is 18.1 Å². The molecule has 21 heavy (non-hydrogen) atoms. The van der Waals surface area contributed by atoms with Gasteiger partial charge in [0.1, 0.15) is 5.75 Å². The second kappa shape index (κ2) is 7.46. The molecule has 0 saturated carbocycles. The summed E-state index contributed by atoms with van der Waals surface area (Å²) in [7, 11) is 0. The molecule has 1 saturated heterocycles. The van der Waals surface area contributed by atoms with E-state index >= 15 is 0 Å². The van der Waals surface area contributed by atoms with Crippen LogP contribution in [0.25, 0.3) is 0 Å². The van der Waals surface area contributed by atoms with Crippen LogP contribution in [0, 0.1) is 5.92 Å². The largest absolute Gasteiger partial charge is 0.491 e. The number of nitrogens with one attached hydrogen (secondary N) is 2. The summed E-state index contributed by atoms with van der Waals surface area (Å²) in [5, 5.41) is 6.39. The molecule has 1 fully saturated rings. The summed E-state index contributed by atoms with van der Waals surface area (Å²) >= 11 is 0. The zero-order valence-corrected chi connectivity index (χ0v) is 13.2. The van der Waals surface area contributed by atoms with Gasteiger partial charge in [-0.3, -0.25) is 4.79 Å². The molecule has 1 heterocycles. The van der Waals surface area contributed by atoms with Crippen molar-refractivity contribution in [2.75, 3.05) is 13.1 Å². The maximum absolute atomic E-state index is 12.3. The van der Waals surface area contributed by atoms with E-state index in [2.05, 4.69) is 10.6 Å². The van der Waals surface area contributed by atoms with Crippen molar-refractivity contribution in [3.63, 3.8) is 0 Å². The van der Waals surface area contributed by atoms with Crippen molar-refractivity contribution < 1.29 is 9.53 Å². The highest BCUT2D eigenvalue weighted by molar-refractivity contribution is 5.79. The van der Waals surface area contributed by atoms with Crippen molar-refractivity contribution >= 4 is 5.91 Å². The molecule has 1 aromatic rings. The highest BCUT2D eigenvalue weighted by Gasteiger charge is 2.22. The monoisotopic (exact) mass is 290 g/mol. The van der Waals surface area contributed by atoms with Gasteiger partial charge in [0.25, 0.3) is 0 Å². The Morgan fingerprint density at radius 2 is 2.19 bits per heavy atom. The SMILES string of the molecule is CC(C)Oc1cccc(C(C)NC(=O)[C@H]2CCCNC2)c1. The first kappa shape index (κ1) is 15.8. The van der Waals surface area contributed by atoms with E-state index in [9.17, 15) is 4.79 Å². The molecule has 116 valence electrons. The Labute approximate surface area is 127 Å². The van der Waals surface area contributed by atoms with Gasteiger partial charge < -0.3 is 15.4 Å². The standard InChI is InChI=1S/C17H26N2O2/c1-12(2)21-16-8-4-6-14(10-16)13(3)19-17(20)15-7-5-9-18-11-15/h4,6,8,10,12-13,15,18H,5,7,9,11H2,1-3H3,(H,19,20)/t13?,15-/m0/s1. The van der Waals surface area contributed by atoms with Crippen LogP contribution in [0.5, 0.6) is 5.75 Å². The second-order valence-electron chi connectivity index (χ2n) is 6.01. The fourth-order valence-electron chi connectivity index (χ4n) is 2.62. The molecule has 2 atom stereocenters. The molecule has 0 radical (unpaired) electrons. The first-order valence-electron chi connectivity index (χ1n) is 7.84. The van der Waals surface area contributed by atoms with Crippen LogP contribution in [0.4, 0.5) is 0 Å². The Hall–Kier alpha value is -1.55. The van der Waals surface area contributed by atoms with E-state index in [0.717, 1.165) is 37.2 Å². The van der Waals surface area contributed by atoms with Crippen LogP contribution >= 0.6 is 0 Å². The van der Waals surface area contributed by atoms with E-state index in [1.807, 2.05) is 45.0 Å². The zero-order valence-electron chi connectivity index (χ0n) is 13.2. The van der Waals surface area contributed by atoms with Crippen molar-refractivity contribution in [1.82, 2.24) is 10.6 Å². The lowest BCUT2D eigenvalue weighted by molar-refractivity contribution is -0.126. The molecule has 1 aliphatic heterocycles. The van der Waals surface area contributed by atoms with Gasteiger partial charge in [-0.2, -0.15) is 0 Å². The smallest absolute Gasteiger partial charge is 0.224 e. The van der Waals surface area contributed by atoms with Crippen molar-refractivity contribution in [3.8, 4) is 5.75 Å². The molecule has 2 rings (SSSR count). The van der Waals surface area contributed by atoms with E-state index < -0.39 is 0 Å². The van der Waals surface area contributed by atoms with Gasteiger partial charge >= 0.3 is 0 Å². The van der Waals surface area contributed by atoms with Crippen LogP contribution in [-0.2, 0) is 4.79 Å². The highest BCUT2D eigenvalue weighted by Crippen LogP contribution is 2.21. The van der Waals surface area contributed by atoms with E-state index in [1.165, 1.54) is 0 Å². The maximum Gasteiger partial charge on any atom is 0.224 e. The summed E-state index contributed by atoms with van der Waals surface area (Å²) in [5.41, 5.74) is 1.07. The summed E-state index contributed by atoms with van der Waals surface area (Å²) in [6.45, 7) is 7.84. The van der Waals surface area contributed by atoms with E-state index in [-0.39, 0.29) is 24.0 Å². The molecule has 1 aliphatic rings. The predicted molar refractivity (Wildman–Crippen MR) is 84.4 cm³/mol. The number of hydrogen-bond acceptors (Lipinski definition) is 3. The molecule has 1 aromatic carbocycles. The lowest BCUT2D eigenvalue weighted by Gasteiger charge is -2.24. The average molecular weight is 290 g/mol. The number of amides is 1. The first-order valence-corrected chi connectivity index (χ1v) is 7.84. The van der Waals surface area contributed by atoms with Gasteiger partial charge in [-0.25, -0.2) is 0 Å². The Morgan fingerprint density at radius 3 is 2.86 bits per heavy atom. The predicted octanol–water partition coefficient (Wildman–Crippen LogP) is 2.65. The molecular formula is C17H26N2O2. The molecule has 4 nitrogen and oxygen atoms in total. The molecule has 1 unspecified atom stereocenters. The van der Waals surface area contributed by atoms with Crippen molar-refractivity contribution in [2.24, 2.45) is 5.92 Å². The molecule has 1 amide bonds. The van der Waals surface area contributed by atoms with Crippen LogP contribution in [-0.4, -0.2) is 25.1 Å². The minimum Gasteiger partial charge on any atom is -0.491 e. The van der Waals surface area contributed by atoms with E-state index in [1.54, 1.807) is 0 Å². The van der Waals surface area contributed by atoms with Gasteiger partial charge in [0.15, 0.2) is 0 Å². The minimum absolute atomic E-state index is 0.00450. The Bertz CT molecular complexity index is 468. The number of carbonyl (C=O) groups is 1. The Balaban J connectivity index is 1.95. The molecule has 0 aromatic heterocycles. The van der Waals surface area contributed by atoms with Crippen LogP contribution < -0.4 is 15.4 Å². The van der Waals surface area contributed by atoms with Crippen LogP contribution in [0.1, 0.15) is 45.2 Å².